The first-order chi connectivity index (χ1) is 8.17. The molecule has 0 radical (unpaired) electrons. The summed E-state index contributed by atoms with van der Waals surface area (Å²) in [5.41, 5.74) is 7.25. The molecule has 0 fully saturated rings. The predicted molar refractivity (Wildman–Crippen MR) is 76.0 cm³/mol. The van der Waals surface area contributed by atoms with Crippen LogP contribution in [0, 0.1) is 0 Å². The first kappa shape index (κ1) is 14.8. The summed E-state index contributed by atoms with van der Waals surface area (Å²) in [5.74, 6) is 0.951. The van der Waals surface area contributed by atoms with E-state index < -0.39 is 0 Å². The Kier molecular flexibility index (Phi) is 6.97. The van der Waals surface area contributed by atoms with Gasteiger partial charge in [-0.05, 0) is 36.6 Å². The number of hydrogen-bond donors (Lipinski definition) is 1. The Hall–Kier alpha value is -0.220. The SMILES string of the molecule is CCC(N)Cc1cc(Cl)ccc1SCCOC. The molecule has 0 aliphatic rings. The summed E-state index contributed by atoms with van der Waals surface area (Å²) in [6.07, 6.45) is 1.86. The van der Waals surface area contributed by atoms with E-state index >= 15 is 0 Å². The van der Waals surface area contributed by atoms with Gasteiger partial charge in [-0.3, -0.25) is 0 Å². The predicted octanol–water partition coefficient (Wildman–Crippen LogP) is 3.36. The third-order valence-electron chi connectivity index (χ3n) is 2.57. The zero-order valence-corrected chi connectivity index (χ0v) is 12.0. The molecule has 96 valence electrons. The van der Waals surface area contributed by atoms with Crippen LogP contribution in [0.5, 0.6) is 0 Å². The summed E-state index contributed by atoms with van der Waals surface area (Å²) >= 11 is 7.82. The molecule has 2 N–H and O–H groups in total. The highest BCUT2D eigenvalue weighted by atomic mass is 35.5. The molecule has 1 aromatic rings. The van der Waals surface area contributed by atoms with Crippen molar-refractivity contribution in [3.63, 3.8) is 0 Å². The molecule has 1 aromatic carbocycles. The average molecular weight is 274 g/mol. The Morgan fingerprint density at radius 1 is 1.47 bits per heavy atom. The number of ether oxygens (including phenoxy) is 1. The van der Waals surface area contributed by atoms with Gasteiger partial charge in [0.15, 0.2) is 0 Å². The second-order valence-corrected chi connectivity index (χ2v) is 5.54. The van der Waals surface area contributed by atoms with Gasteiger partial charge in [0.05, 0.1) is 6.61 Å². The number of thioether (sulfide) groups is 1. The smallest absolute Gasteiger partial charge is 0.0556 e. The van der Waals surface area contributed by atoms with Crippen LogP contribution in [0.3, 0.4) is 0 Å². The van der Waals surface area contributed by atoms with Gasteiger partial charge in [-0.25, -0.2) is 0 Å². The lowest BCUT2D eigenvalue weighted by molar-refractivity contribution is 0.218. The summed E-state index contributed by atoms with van der Waals surface area (Å²) < 4.78 is 5.06. The van der Waals surface area contributed by atoms with Gasteiger partial charge in [0.1, 0.15) is 0 Å². The Labute approximate surface area is 113 Å². The van der Waals surface area contributed by atoms with Gasteiger partial charge >= 0.3 is 0 Å². The molecule has 0 saturated carbocycles. The van der Waals surface area contributed by atoms with E-state index in [1.807, 2.05) is 12.1 Å². The number of hydrogen-bond acceptors (Lipinski definition) is 3. The molecule has 0 aromatic heterocycles. The van der Waals surface area contributed by atoms with Crippen molar-refractivity contribution < 1.29 is 4.74 Å². The van der Waals surface area contributed by atoms with Crippen molar-refractivity contribution in [2.24, 2.45) is 5.73 Å². The lowest BCUT2D eigenvalue weighted by atomic mass is 10.0. The Balaban J connectivity index is 2.72. The molecule has 0 aliphatic carbocycles. The minimum absolute atomic E-state index is 0.204. The fourth-order valence-electron chi connectivity index (χ4n) is 1.51. The molecule has 1 atom stereocenters. The topological polar surface area (TPSA) is 35.2 Å². The van der Waals surface area contributed by atoms with E-state index in [4.69, 9.17) is 22.1 Å². The molecule has 0 heterocycles. The van der Waals surface area contributed by atoms with E-state index in [-0.39, 0.29) is 6.04 Å². The number of nitrogens with two attached hydrogens (primary N) is 1. The fraction of sp³-hybridized carbons (Fsp3) is 0.538. The van der Waals surface area contributed by atoms with Crippen LogP contribution >= 0.6 is 23.4 Å². The normalized spacial score (nSPS) is 12.7. The fourth-order valence-corrected chi connectivity index (χ4v) is 2.67. The Morgan fingerprint density at radius 2 is 2.24 bits per heavy atom. The number of rotatable bonds is 7. The van der Waals surface area contributed by atoms with E-state index in [0.717, 1.165) is 30.2 Å². The summed E-state index contributed by atoms with van der Waals surface area (Å²) in [6.45, 7) is 2.86. The van der Waals surface area contributed by atoms with Crippen LogP contribution < -0.4 is 5.73 Å². The van der Waals surface area contributed by atoms with E-state index in [1.165, 1.54) is 10.5 Å². The van der Waals surface area contributed by atoms with Crippen LogP contribution in [-0.4, -0.2) is 25.5 Å². The minimum atomic E-state index is 0.204. The third kappa shape index (κ3) is 5.30. The summed E-state index contributed by atoms with van der Waals surface area (Å²) in [7, 11) is 1.72. The quantitative estimate of drug-likeness (QED) is 0.611. The zero-order valence-electron chi connectivity index (χ0n) is 10.4. The van der Waals surface area contributed by atoms with Gasteiger partial charge in [-0.2, -0.15) is 0 Å². The summed E-state index contributed by atoms with van der Waals surface area (Å²) in [4.78, 5) is 1.26. The van der Waals surface area contributed by atoms with Gasteiger partial charge in [-0.15, -0.1) is 11.8 Å². The summed E-state index contributed by atoms with van der Waals surface area (Å²) in [5, 5.41) is 0.777. The van der Waals surface area contributed by atoms with Crippen LogP contribution in [0.1, 0.15) is 18.9 Å². The van der Waals surface area contributed by atoms with Gasteiger partial charge < -0.3 is 10.5 Å². The van der Waals surface area contributed by atoms with Crippen molar-refractivity contribution in [1.82, 2.24) is 0 Å². The molecule has 1 rings (SSSR count). The largest absolute Gasteiger partial charge is 0.384 e. The van der Waals surface area contributed by atoms with Crippen LogP contribution in [-0.2, 0) is 11.2 Å². The van der Waals surface area contributed by atoms with Gasteiger partial charge in [-0.1, -0.05) is 18.5 Å². The number of benzene rings is 1. The van der Waals surface area contributed by atoms with E-state index in [2.05, 4.69) is 13.0 Å². The van der Waals surface area contributed by atoms with Crippen molar-refractivity contribution in [2.45, 2.75) is 30.7 Å². The highest BCUT2D eigenvalue weighted by molar-refractivity contribution is 7.99. The van der Waals surface area contributed by atoms with E-state index in [1.54, 1.807) is 18.9 Å². The number of halogens is 1. The highest BCUT2D eigenvalue weighted by Gasteiger charge is 2.08. The maximum atomic E-state index is 6.03. The van der Waals surface area contributed by atoms with Crippen molar-refractivity contribution in [3.05, 3.63) is 28.8 Å². The highest BCUT2D eigenvalue weighted by Crippen LogP contribution is 2.26. The molecule has 0 amide bonds. The molecule has 0 aliphatic heterocycles. The van der Waals surface area contributed by atoms with Crippen LogP contribution in [0.25, 0.3) is 0 Å². The first-order valence-corrected chi connectivity index (χ1v) is 7.19. The molecular weight excluding hydrogens is 254 g/mol. The van der Waals surface area contributed by atoms with Crippen LogP contribution in [0.4, 0.5) is 0 Å². The van der Waals surface area contributed by atoms with Crippen LogP contribution in [0.2, 0.25) is 5.02 Å². The molecule has 0 bridgehead atoms. The lowest BCUT2D eigenvalue weighted by Crippen LogP contribution is -2.21. The molecule has 4 heteroatoms. The standard InChI is InChI=1S/C13H20ClNOS/c1-3-12(15)9-10-8-11(14)4-5-13(10)17-7-6-16-2/h4-5,8,12H,3,6-7,9,15H2,1-2H3. The van der Waals surface area contributed by atoms with E-state index in [0.29, 0.717) is 0 Å². The zero-order chi connectivity index (χ0) is 12.7. The molecule has 2 nitrogen and oxygen atoms in total. The van der Waals surface area contributed by atoms with Gasteiger partial charge in [0.2, 0.25) is 0 Å². The van der Waals surface area contributed by atoms with Crippen molar-refractivity contribution >= 4 is 23.4 Å². The third-order valence-corrected chi connectivity index (χ3v) is 3.89. The second kappa shape index (κ2) is 7.98. The van der Waals surface area contributed by atoms with Crippen molar-refractivity contribution in [1.29, 1.82) is 0 Å². The average Bonchev–Trinajstić information content (AvgIpc) is 2.32. The molecule has 0 saturated heterocycles. The second-order valence-electron chi connectivity index (χ2n) is 3.97. The van der Waals surface area contributed by atoms with Gasteiger partial charge in [0.25, 0.3) is 0 Å². The van der Waals surface area contributed by atoms with Crippen molar-refractivity contribution in [2.75, 3.05) is 19.5 Å². The molecule has 0 spiro atoms. The molecule has 17 heavy (non-hydrogen) atoms. The Bertz CT molecular complexity index is 346. The first-order valence-electron chi connectivity index (χ1n) is 5.83. The molecule has 1 unspecified atom stereocenters. The number of methoxy groups -OCH3 is 1. The Morgan fingerprint density at radius 3 is 2.88 bits per heavy atom. The maximum Gasteiger partial charge on any atom is 0.0556 e. The monoisotopic (exact) mass is 273 g/mol. The van der Waals surface area contributed by atoms with Crippen molar-refractivity contribution in [3.8, 4) is 0 Å². The molecular formula is C13H20ClNOS. The lowest BCUT2D eigenvalue weighted by Gasteiger charge is -2.13. The van der Waals surface area contributed by atoms with Gasteiger partial charge in [0, 0.05) is 28.8 Å². The van der Waals surface area contributed by atoms with Crippen LogP contribution in [0.15, 0.2) is 23.1 Å². The maximum absolute atomic E-state index is 6.03. The summed E-state index contributed by atoms with van der Waals surface area (Å²) in [6, 6.07) is 6.22. The minimum Gasteiger partial charge on any atom is -0.384 e. The van der Waals surface area contributed by atoms with E-state index in [9.17, 15) is 0 Å².